The van der Waals surface area contributed by atoms with E-state index in [-0.39, 0.29) is 6.04 Å². The molecule has 88 valence electrons. The number of halogens is 2. The van der Waals surface area contributed by atoms with Crippen LogP contribution < -0.4 is 5.32 Å². The maximum absolute atomic E-state index is 11.3. The first kappa shape index (κ1) is 13.3. The molecule has 1 rings (SSSR count). The summed E-state index contributed by atoms with van der Waals surface area (Å²) in [6.07, 6.45) is -1.03. The zero-order chi connectivity index (χ0) is 12.3. The summed E-state index contributed by atoms with van der Waals surface area (Å²) in [6, 6.07) is 4.79. The van der Waals surface area contributed by atoms with E-state index in [2.05, 4.69) is 5.32 Å². The van der Waals surface area contributed by atoms with Gasteiger partial charge in [0.1, 0.15) is 6.10 Å². The Labute approximate surface area is 104 Å². The van der Waals surface area contributed by atoms with Gasteiger partial charge in [0, 0.05) is 10.0 Å². The number of aliphatic hydroxyl groups excluding tert-OH is 1. The number of hydrogen-bond donors (Lipinski definition) is 2. The molecule has 0 saturated heterocycles. The molecule has 0 fully saturated rings. The maximum atomic E-state index is 11.3. The molecule has 0 aliphatic rings. The van der Waals surface area contributed by atoms with Crippen molar-refractivity contribution in [2.24, 2.45) is 0 Å². The minimum Gasteiger partial charge on any atom is -0.384 e. The third-order valence-electron chi connectivity index (χ3n) is 2.17. The van der Waals surface area contributed by atoms with E-state index >= 15 is 0 Å². The quantitative estimate of drug-likeness (QED) is 0.879. The highest BCUT2D eigenvalue weighted by atomic mass is 35.5. The predicted molar refractivity (Wildman–Crippen MR) is 64.7 cm³/mol. The van der Waals surface area contributed by atoms with Crippen LogP contribution in [0.2, 0.25) is 10.0 Å². The van der Waals surface area contributed by atoms with Gasteiger partial charge in [0.25, 0.3) is 0 Å². The van der Waals surface area contributed by atoms with Crippen LogP contribution in [0.5, 0.6) is 0 Å². The molecule has 1 amide bonds. The van der Waals surface area contributed by atoms with Crippen LogP contribution in [-0.2, 0) is 4.79 Å². The zero-order valence-electron chi connectivity index (χ0n) is 9.00. The Morgan fingerprint density at radius 1 is 1.38 bits per heavy atom. The number of hydrogen-bond acceptors (Lipinski definition) is 2. The van der Waals surface area contributed by atoms with E-state index < -0.39 is 12.0 Å². The molecule has 0 spiro atoms. The van der Waals surface area contributed by atoms with E-state index in [9.17, 15) is 4.79 Å². The van der Waals surface area contributed by atoms with Crippen molar-refractivity contribution in [3.63, 3.8) is 0 Å². The van der Waals surface area contributed by atoms with Crippen molar-refractivity contribution >= 4 is 29.1 Å². The van der Waals surface area contributed by atoms with Crippen molar-refractivity contribution in [1.82, 2.24) is 5.32 Å². The van der Waals surface area contributed by atoms with Crippen molar-refractivity contribution in [3.8, 4) is 0 Å². The molecule has 2 unspecified atom stereocenters. The first-order valence-electron chi connectivity index (χ1n) is 4.85. The minimum absolute atomic E-state index is 0.271. The highest BCUT2D eigenvalue weighted by Gasteiger charge is 2.15. The summed E-state index contributed by atoms with van der Waals surface area (Å²) >= 11 is 11.8. The molecule has 5 heteroatoms. The standard InChI is InChI=1S/C11H13Cl2NO2/c1-6(14-11(16)7(2)15)9-4-3-8(12)5-10(9)13/h3-7,15H,1-2H3,(H,14,16). The summed E-state index contributed by atoms with van der Waals surface area (Å²) in [5.74, 6) is -0.432. The second-order valence-corrected chi connectivity index (χ2v) is 4.42. The number of rotatable bonds is 3. The van der Waals surface area contributed by atoms with E-state index in [1.807, 2.05) is 0 Å². The van der Waals surface area contributed by atoms with Crippen LogP contribution in [0.15, 0.2) is 18.2 Å². The van der Waals surface area contributed by atoms with Crippen molar-refractivity contribution < 1.29 is 9.90 Å². The average Bonchev–Trinajstić information content (AvgIpc) is 2.16. The van der Waals surface area contributed by atoms with Crippen molar-refractivity contribution in [1.29, 1.82) is 0 Å². The Balaban J connectivity index is 2.80. The van der Waals surface area contributed by atoms with Gasteiger partial charge in [0.15, 0.2) is 0 Å². The fourth-order valence-corrected chi connectivity index (χ4v) is 1.84. The van der Waals surface area contributed by atoms with E-state index in [0.29, 0.717) is 10.0 Å². The van der Waals surface area contributed by atoms with Crippen LogP contribution >= 0.6 is 23.2 Å². The number of benzene rings is 1. The SMILES string of the molecule is CC(O)C(=O)NC(C)c1ccc(Cl)cc1Cl. The maximum Gasteiger partial charge on any atom is 0.249 e. The molecular formula is C11H13Cl2NO2. The van der Waals surface area contributed by atoms with Crippen LogP contribution in [0.3, 0.4) is 0 Å². The average molecular weight is 262 g/mol. The second kappa shape index (κ2) is 5.53. The van der Waals surface area contributed by atoms with Gasteiger partial charge in [-0.3, -0.25) is 4.79 Å². The van der Waals surface area contributed by atoms with Crippen LogP contribution in [0.4, 0.5) is 0 Å². The summed E-state index contributed by atoms with van der Waals surface area (Å²) in [5, 5.41) is 12.7. The normalized spacial score (nSPS) is 14.3. The molecule has 16 heavy (non-hydrogen) atoms. The highest BCUT2D eigenvalue weighted by Crippen LogP contribution is 2.25. The molecule has 2 N–H and O–H groups in total. The van der Waals surface area contributed by atoms with Crippen molar-refractivity contribution in [2.75, 3.05) is 0 Å². The van der Waals surface area contributed by atoms with E-state index in [0.717, 1.165) is 5.56 Å². The number of nitrogens with one attached hydrogen (secondary N) is 1. The number of amides is 1. The summed E-state index contributed by atoms with van der Waals surface area (Å²) in [7, 11) is 0. The third kappa shape index (κ3) is 3.37. The first-order valence-corrected chi connectivity index (χ1v) is 5.60. The largest absolute Gasteiger partial charge is 0.384 e. The summed E-state index contributed by atoms with van der Waals surface area (Å²) < 4.78 is 0. The summed E-state index contributed by atoms with van der Waals surface area (Å²) in [6.45, 7) is 3.20. The molecule has 0 aromatic heterocycles. The van der Waals surface area contributed by atoms with Crippen LogP contribution in [0.25, 0.3) is 0 Å². The van der Waals surface area contributed by atoms with Crippen LogP contribution in [0, 0.1) is 0 Å². The Bertz CT molecular complexity index is 394. The zero-order valence-corrected chi connectivity index (χ0v) is 10.5. The predicted octanol–water partition coefficient (Wildman–Crippen LogP) is 2.55. The van der Waals surface area contributed by atoms with Gasteiger partial charge in [-0.05, 0) is 31.5 Å². The second-order valence-electron chi connectivity index (χ2n) is 3.57. The number of carbonyl (C=O) groups is 1. The van der Waals surface area contributed by atoms with Crippen molar-refractivity contribution in [2.45, 2.75) is 26.0 Å². The summed E-state index contributed by atoms with van der Waals surface area (Å²) in [5.41, 5.74) is 0.764. The van der Waals surface area contributed by atoms with E-state index in [1.54, 1.807) is 25.1 Å². The van der Waals surface area contributed by atoms with Crippen LogP contribution in [0.1, 0.15) is 25.5 Å². The molecule has 1 aromatic rings. The van der Waals surface area contributed by atoms with Gasteiger partial charge in [-0.1, -0.05) is 29.3 Å². The lowest BCUT2D eigenvalue weighted by Gasteiger charge is -2.16. The third-order valence-corrected chi connectivity index (χ3v) is 2.73. The van der Waals surface area contributed by atoms with E-state index in [1.165, 1.54) is 6.92 Å². The lowest BCUT2D eigenvalue weighted by molar-refractivity contribution is -0.129. The molecule has 0 saturated carbocycles. The Morgan fingerprint density at radius 2 is 2.00 bits per heavy atom. The Morgan fingerprint density at radius 3 is 2.50 bits per heavy atom. The smallest absolute Gasteiger partial charge is 0.249 e. The Kier molecular flexibility index (Phi) is 4.59. The monoisotopic (exact) mass is 261 g/mol. The van der Waals surface area contributed by atoms with Gasteiger partial charge in [-0.25, -0.2) is 0 Å². The minimum atomic E-state index is -1.03. The van der Waals surface area contributed by atoms with Crippen LogP contribution in [-0.4, -0.2) is 17.1 Å². The molecule has 0 aliphatic carbocycles. The topological polar surface area (TPSA) is 49.3 Å². The molecular weight excluding hydrogens is 249 g/mol. The van der Waals surface area contributed by atoms with Gasteiger partial charge in [-0.2, -0.15) is 0 Å². The van der Waals surface area contributed by atoms with Gasteiger partial charge in [0.05, 0.1) is 6.04 Å². The summed E-state index contributed by atoms with van der Waals surface area (Å²) in [4.78, 5) is 11.3. The fraction of sp³-hybridized carbons (Fsp3) is 0.364. The van der Waals surface area contributed by atoms with Gasteiger partial charge < -0.3 is 10.4 Å². The Hall–Kier alpha value is -0.770. The lowest BCUT2D eigenvalue weighted by atomic mass is 10.1. The lowest BCUT2D eigenvalue weighted by Crippen LogP contribution is -2.34. The molecule has 2 atom stereocenters. The molecule has 1 aromatic carbocycles. The first-order chi connectivity index (χ1) is 7.41. The number of carbonyl (C=O) groups excluding carboxylic acids is 1. The van der Waals surface area contributed by atoms with Gasteiger partial charge in [-0.15, -0.1) is 0 Å². The van der Waals surface area contributed by atoms with Gasteiger partial charge in [0.2, 0.25) is 5.91 Å². The van der Waals surface area contributed by atoms with E-state index in [4.69, 9.17) is 28.3 Å². The molecule has 0 radical (unpaired) electrons. The number of aliphatic hydroxyl groups is 1. The fourth-order valence-electron chi connectivity index (χ4n) is 1.26. The molecule has 0 aliphatic heterocycles. The molecule has 0 heterocycles. The molecule has 3 nitrogen and oxygen atoms in total. The van der Waals surface area contributed by atoms with Gasteiger partial charge >= 0.3 is 0 Å². The molecule has 0 bridgehead atoms. The van der Waals surface area contributed by atoms with Crippen molar-refractivity contribution in [3.05, 3.63) is 33.8 Å². The highest BCUT2D eigenvalue weighted by molar-refractivity contribution is 6.35.